The fourth-order valence-corrected chi connectivity index (χ4v) is 2.37. The van der Waals surface area contributed by atoms with Crippen molar-refractivity contribution in [3.05, 3.63) is 41.5 Å². The van der Waals surface area contributed by atoms with Crippen LogP contribution in [0.5, 0.6) is 5.75 Å². The van der Waals surface area contributed by atoms with Crippen molar-refractivity contribution >= 4 is 11.8 Å². The maximum atomic E-state index is 6.01. The zero-order valence-electron chi connectivity index (χ0n) is 11.7. The van der Waals surface area contributed by atoms with E-state index in [0.717, 1.165) is 23.5 Å². The topological polar surface area (TPSA) is 74.2 Å². The van der Waals surface area contributed by atoms with Gasteiger partial charge in [-0.25, -0.2) is 0 Å². The van der Waals surface area contributed by atoms with Gasteiger partial charge in [0.15, 0.2) is 5.82 Å². The van der Waals surface area contributed by atoms with E-state index in [2.05, 4.69) is 10.1 Å². The van der Waals surface area contributed by atoms with Gasteiger partial charge in [-0.3, -0.25) is 0 Å². The van der Waals surface area contributed by atoms with Crippen LogP contribution in [-0.2, 0) is 6.42 Å². The molecule has 2 rings (SSSR count). The van der Waals surface area contributed by atoms with Gasteiger partial charge in [-0.05, 0) is 24.5 Å². The normalized spacial score (nSPS) is 12.3. The van der Waals surface area contributed by atoms with E-state index < -0.39 is 0 Å². The number of rotatable bonds is 7. The standard InChI is InChI=1S/C14H19N3O2S/c1-18-12-6-4-3-5-10(12)9-13-16-14(19-17-13)11(15)7-8-20-2/h3-6,11H,7-9,15H2,1-2H3. The molecular formula is C14H19N3O2S. The first kappa shape index (κ1) is 14.9. The van der Waals surface area contributed by atoms with E-state index in [4.69, 9.17) is 15.0 Å². The Bertz CT molecular complexity index is 545. The Morgan fingerprint density at radius 1 is 1.40 bits per heavy atom. The van der Waals surface area contributed by atoms with Crippen LogP contribution in [0.2, 0.25) is 0 Å². The Kier molecular flexibility index (Phi) is 5.43. The lowest BCUT2D eigenvalue weighted by atomic mass is 10.1. The highest BCUT2D eigenvalue weighted by atomic mass is 32.2. The molecule has 0 fully saturated rings. The van der Waals surface area contributed by atoms with Gasteiger partial charge in [-0.2, -0.15) is 16.7 Å². The maximum Gasteiger partial charge on any atom is 0.243 e. The molecule has 2 aromatic rings. The largest absolute Gasteiger partial charge is 0.496 e. The number of hydrogen-bond acceptors (Lipinski definition) is 6. The second-order valence-electron chi connectivity index (χ2n) is 4.43. The molecule has 1 unspecified atom stereocenters. The first-order valence-electron chi connectivity index (χ1n) is 6.43. The second kappa shape index (κ2) is 7.31. The van der Waals surface area contributed by atoms with E-state index in [1.807, 2.05) is 30.5 Å². The lowest BCUT2D eigenvalue weighted by Gasteiger charge is -2.05. The van der Waals surface area contributed by atoms with E-state index in [1.165, 1.54) is 0 Å². The summed E-state index contributed by atoms with van der Waals surface area (Å²) in [6.45, 7) is 0. The summed E-state index contributed by atoms with van der Waals surface area (Å²) in [7, 11) is 1.65. The molecule has 0 aliphatic carbocycles. The molecule has 0 saturated carbocycles. The third-order valence-corrected chi connectivity index (χ3v) is 3.62. The monoisotopic (exact) mass is 293 g/mol. The van der Waals surface area contributed by atoms with E-state index in [-0.39, 0.29) is 6.04 Å². The Labute approximate surface area is 122 Å². The number of para-hydroxylation sites is 1. The van der Waals surface area contributed by atoms with Crippen molar-refractivity contribution in [2.24, 2.45) is 5.73 Å². The molecule has 1 aromatic heterocycles. The average molecular weight is 293 g/mol. The summed E-state index contributed by atoms with van der Waals surface area (Å²) < 4.78 is 10.5. The van der Waals surface area contributed by atoms with Crippen molar-refractivity contribution in [2.45, 2.75) is 18.9 Å². The van der Waals surface area contributed by atoms with Gasteiger partial charge in [0.1, 0.15) is 5.75 Å². The number of benzene rings is 1. The molecule has 1 atom stereocenters. The van der Waals surface area contributed by atoms with Crippen LogP contribution in [0.15, 0.2) is 28.8 Å². The third kappa shape index (κ3) is 3.74. The number of thioether (sulfide) groups is 1. The van der Waals surface area contributed by atoms with Crippen molar-refractivity contribution in [3.63, 3.8) is 0 Å². The summed E-state index contributed by atoms with van der Waals surface area (Å²) in [6.07, 6.45) is 3.45. The van der Waals surface area contributed by atoms with Gasteiger partial charge in [-0.15, -0.1) is 0 Å². The average Bonchev–Trinajstić information content (AvgIpc) is 2.94. The van der Waals surface area contributed by atoms with Crippen molar-refractivity contribution in [1.82, 2.24) is 10.1 Å². The van der Waals surface area contributed by atoms with Crippen LogP contribution in [0.1, 0.15) is 29.7 Å². The molecule has 108 valence electrons. The van der Waals surface area contributed by atoms with Crippen molar-refractivity contribution in [1.29, 1.82) is 0 Å². The molecule has 0 spiro atoms. The van der Waals surface area contributed by atoms with E-state index in [1.54, 1.807) is 18.9 Å². The van der Waals surface area contributed by atoms with Gasteiger partial charge >= 0.3 is 0 Å². The van der Waals surface area contributed by atoms with Crippen LogP contribution in [0.25, 0.3) is 0 Å². The van der Waals surface area contributed by atoms with Crippen molar-refractivity contribution in [2.75, 3.05) is 19.1 Å². The number of ether oxygens (including phenoxy) is 1. The van der Waals surface area contributed by atoms with Crippen LogP contribution in [0.4, 0.5) is 0 Å². The highest BCUT2D eigenvalue weighted by molar-refractivity contribution is 7.98. The predicted molar refractivity (Wildman–Crippen MR) is 80.0 cm³/mol. The smallest absolute Gasteiger partial charge is 0.243 e. The predicted octanol–water partition coefficient (Wildman–Crippen LogP) is 2.42. The van der Waals surface area contributed by atoms with Gasteiger partial charge in [0.2, 0.25) is 5.89 Å². The summed E-state index contributed by atoms with van der Waals surface area (Å²) in [5.41, 5.74) is 7.04. The third-order valence-electron chi connectivity index (χ3n) is 2.98. The summed E-state index contributed by atoms with van der Waals surface area (Å²) in [5.74, 6) is 2.93. The number of methoxy groups -OCH3 is 1. The molecule has 6 heteroatoms. The zero-order valence-corrected chi connectivity index (χ0v) is 12.5. The van der Waals surface area contributed by atoms with Gasteiger partial charge < -0.3 is 15.0 Å². The van der Waals surface area contributed by atoms with Crippen LogP contribution in [0, 0.1) is 0 Å². The minimum Gasteiger partial charge on any atom is -0.496 e. The summed E-state index contributed by atoms with van der Waals surface area (Å²) in [4.78, 5) is 4.37. The van der Waals surface area contributed by atoms with Crippen LogP contribution in [0.3, 0.4) is 0 Å². The Balaban J connectivity index is 2.05. The summed E-state index contributed by atoms with van der Waals surface area (Å²) in [5, 5.41) is 3.99. The molecule has 1 heterocycles. The lowest BCUT2D eigenvalue weighted by molar-refractivity contribution is 0.349. The molecule has 0 aliphatic rings. The Morgan fingerprint density at radius 2 is 2.20 bits per heavy atom. The molecule has 0 radical (unpaired) electrons. The zero-order chi connectivity index (χ0) is 14.4. The number of nitrogens with zero attached hydrogens (tertiary/aromatic N) is 2. The first-order chi connectivity index (χ1) is 9.74. The lowest BCUT2D eigenvalue weighted by Crippen LogP contribution is -2.11. The minimum atomic E-state index is -0.193. The SMILES string of the molecule is COc1ccccc1Cc1noc(C(N)CCSC)n1. The summed E-state index contributed by atoms with van der Waals surface area (Å²) >= 11 is 1.75. The highest BCUT2D eigenvalue weighted by Crippen LogP contribution is 2.21. The summed E-state index contributed by atoms with van der Waals surface area (Å²) in [6, 6.07) is 7.61. The highest BCUT2D eigenvalue weighted by Gasteiger charge is 2.15. The van der Waals surface area contributed by atoms with Gasteiger partial charge in [-0.1, -0.05) is 23.4 Å². The quantitative estimate of drug-likeness (QED) is 0.845. The fraction of sp³-hybridized carbons (Fsp3) is 0.429. The van der Waals surface area contributed by atoms with Gasteiger partial charge in [0.25, 0.3) is 0 Å². The van der Waals surface area contributed by atoms with Crippen molar-refractivity contribution < 1.29 is 9.26 Å². The number of aromatic nitrogens is 2. The van der Waals surface area contributed by atoms with Crippen molar-refractivity contribution in [3.8, 4) is 5.75 Å². The molecule has 2 N–H and O–H groups in total. The molecule has 1 aromatic carbocycles. The molecule has 0 bridgehead atoms. The maximum absolute atomic E-state index is 6.01. The molecule has 0 amide bonds. The Hall–Kier alpha value is -1.53. The van der Waals surface area contributed by atoms with Gasteiger partial charge in [0, 0.05) is 12.0 Å². The van der Waals surface area contributed by atoms with Crippen LogP contribution in [-0.4, -0.2) is 29.3 Å². The second-order valence-corrected chi connectivity index (χ2v) is 5.41. The number of nitrogens with two attached hydrogens (primary N) is 1. The first-order valence-corrected chi connectivity index (χ1v) is 7.83. The molecule has 0 saturated heterocycles. The Morgan fingerprint density at radius 3 is 2.95 bits per heavy atom. The van der Waals surface area contributed by atoms with Gasteiger partial charge in [0.05, 0.1) is 13.2 Å². The minimum absolute atomic E-state index is 0.193. The molecule has 0 aliphatic heterocycles. The van der Waals surface area contributed by atoms with E-state index >= 15 is 0 Å². The molecule has 5 nitrogen and oxygen atoms in total. The molecular weight excluding hydrogens is 274 g/mol. The van der Waals surface area contributed by atoms with E-state index in [9.17, 15) is 0 Å². The fourth-order valence-electron chi connectivity index (χ4n) is 1.88. The number of hydrogen-bond donors (Lipinski definition) is 1. The molecule has 20 heavy (non-hydrogen) atoms. The van der Waals surface area contributed by atoms with Crippen LogP contribution >= 0.6 is 11.8 Å². The van der Waals surface area contributed by atoms with E-state index in [0.29, 0.717) is 18.1 Å². The van der Waals surface area contributed by atoms with Crippen LogP contribution < -0.4 is 10.5 Å².